The topological polar surface area (TPSA) is 94.5 Å². The Bertz CT molecular complexity index is 974. The number of ketones is 1. The first-order valence-corrected chi connectivity index (χ1v) is 9.62. The Kier molecular flexibility index (Phi) is 4.10. The van der Waals surface area contributed by atoms with Crippen LogP contribution in [0.5, 0.6) is 28.7 Å². The highest BCUT2D eigenvalue weighted by Gasteiger charge is 2.50. The van der Waals surface area contributed by atoms with Gasteiger partial charge in [0, 0.05) is 24.2 Å². The fourth-order valence-electron chi connectivity index (χ4n) is 5.08. The molecule has 2 aromatic carbocycles. The second-order valence-electron chi connectivity index (χ2n) is 7.73. The van der Waals surface area contributed by atoms with Crippen molar-refractivity contribution in [2.45, 2.75) is 24.9 Å². The number of phenols is 1. The van der Waals surface area contributed by atoms with Crippen LogP contribution in [0.1, 0.15) is 41.6 Å². The van der Waals surface area contributed by atoms with Crippen LogP contribution in [-0.2, 0) is 4.79 Å². The number of Topliss-reactive ketones (excluding diaryl/α,β-unsaturated/α-hetero) is 1. The van der Waals surface area contributed by atoms with Crippen molar-refractivity contribution in [3.63, 3.8) is 0 Å². The summed E-state index contributed by atoms with van der Waals surface area (Å²) in [5.41, 5.74) is 2.36. The molecule has 0 bridgehead atoms. The molecule has 2 N–H and O–H groups in total. The maximum atomic E-state index is 12.9. The zero-order valence-electron chi connectivity index (χ0n) is 16.2. The van der Waals surface area contributed by atoms with Gasteiger partial charge in [0.15, 0.2) is 23.0 Å². The Morgan fingerprint density at radius 2 is 1.62 bits per heavy atom. The lowest BCUT2D eigenvalue weighted by Gasteiger charge is -2.38. The van der Waals surface area contributed by atoms with Gasteiger partial charge in [-0.2, -0.15) is 0 Å². The van der Waals surface area contributed by atoms with E-state index < -0.39 is 6.10 Å². The number of fused-ring (bicyclic) bond motifs is 3. The van der Waals surface area contributed by atoms with Crippen molar-refractivity contribution in [3.05, 3.63) is 41.0 Å². The molecule has 152 valence electrons. The highest BCUT2D eigenvalue weighted by atomic mass is 16.7. The number of ether oxygens (including phenoxy) is 4. The molecular weight excluding hydrogens is 376 g/mol. The first-order valence-electron chi connectivity index (χ1n) is 9.62. The van der Waals surface area contributed by atoms with Crippen molar-refractivity contribution in [1.29, 1.82) is 0 Å². The van der Waals surface area contributed by atoms with Gasteiger partial charge < -0.3 is 29.2 Å². The molecule has 2 aliphatic carbocycles. The Hall–Kier alpha value is -2.93. The SMILES string of the molecule is COc1cc(C2c3cc4c(cc3C(O)C3CCC(=O)C23)OCO4)cc(OC)c1O. The molecule has 7 heteroatoms. The maximum absolute atomic E-state index is 12.9. The number of phenolic OH excluding ortho intramolecular Hbond substituents is 1. The van der Waals surface area contributed by atoms with Crippen LogP contribution in [-0.4, -0.2) is 37.0 Å². The predicted molar refractivity (Wildman–Crippen MR) is 102 cm³/mol. The quantitative estimate of drug-likeness (QED) is 0.821. The highest BCUT2D eigenvalue weighted by molar-refractivity contribution is 5.86. The zero-order valence-corrected chi connectivity index (χ0v) is 16.2. The number of aliphatic hydroxyl groups excluding tert-OH is 1. The normalized spacial score (nSPS) is 26.8. The van der Waals surface area contributed by atoms with E-state index in [2.05, 4.69) is 0 Å². The van der Waals surface area contributed by atoms with Crippen molar-refractivity contribution in [1.82, 2.24) is 0 Å². The third kappa shape index (κ3) is 2.57. The van der Waals surface area contributed by atoms with Crippen LogP contribution in [0.2, 0.25) is 0 Å². The van der Waals surface area contributed by atoms with Crippen LogP contribution in [0.3, 0.4) is 0 Å². The monoisotopic (exact) mass is 398 g/mol. The van der Waals surface area contributed by atoms with E-state index >= 15 is 0 Å². The van der Waals surface area contributed by atoms with Crippen LogP contribution in [0.25, 0.3) is 0 Å². The second-order valence-corrected chi connectivity index (χ2v) is 7.73. The minimum Gasteiger partial charge on any atom is -0.502 e. The van der Waals surface area contributed by atoms with E-state index in [4.69, 9.17) is 18.9 Å². The van der Waals surface area contributed by atoms with Gasteiger partial charge in [-0.05, 0) is 47.4 Å². The number of rotatable bonds is 3. The van der Waals surface area contributed by atoms with Gasteiger partial charge in [0.2, 0.25) is 12.5 Å². The molecule has 2 aromatic rings. The average molecular weight is 398 g/mol. The molecule has 3 aliphatic rings. The largest absolute Gasteiger partial charge is 0.502 e. The molecule has 1 heterocycles. The van der Waals surface area contributed by atoms with E-state index in [9.17, 15) is 15.0 Å². The van der Waals surface area contributed by atoms with E-state index in [-0.39, 0.29) is 47.6 Å². The van der Waals surface area contributed by atoms with Crippen LogP contribution < -0.4 is 18.9 Å². The van der Waals surface area contributed by atoms with Crippen molar-refractivity contribution in [2.24, 2.45) is 11.8 Å². The third-order valence-electron chi connectivity index (χ3n) is 6.41. The summed E-state index contributed by atoms with van der Waals surface area (Å²) >= 11 is 0. The smallest absolute Gasteiger partial charge is 0.231 e. The van der Waals surface area contributed by atoms with Crippen LogP contribution in [0.15, 0.2) is 24.3 Å². The fraction of sp³-hybridized carbons (Fsp3) is 0.409. The number of benzene rings is 2. The molecule has 7 nitrogen and oxygen atoms in total. The van der Waals surface area contributed by atoms with Gasteiger partial charge in [0.05, 0.1) is 20.3 Å². The van der Waals surface area contributed by atoms with Gasteiger partial charge in [-0.3, -0.25) is 4.79 Å². The van der Waals surface area contributed by atoms with Crippen molar-refractivity contribution < 1.29 is 34.0 Å². The molecule has 0 amide bonds. The standard InChI is InChI=1S/C22H22O7/c1-26-17-5-10(6-18(27-2)22(17)25)19-12-7-15-16(29-9-28-15)8-13(12)21(24)11-3-4-14(23)20(11)19/h5-8,11,19-21,24-25H,3-4,9H2,1-2H3. The molecule has 1 aliphatic heterocycles. The van der Waals surface area contributed by atoms with Gasteiger partial charge in [-0.15, -0.1) is 0 Å². The van der Waals surface area contributed by atoms with Gasteiger partial charge in [0.1, 0.15) is 5.78 Å². The Labute approximate surface area is 167 Å². The molecular formula is C22H22O7. The molecule has 4 atom stereocenters. The second kappa shape index (κ2) is 6.56. The summed E-state index contributed by atoms with van der Waals surface area (Å²) in [5.74, 6) is 0.940. The minimum absolute atomic E-state index is 0.0881. The van der Waals surface area contributed by atoms with E-state index in [1.54, 1.807) is 12.1 Å². The van der Waals surface area contributed by atoms with Crippen LogP contribution in [0.4, 0.5) is 0 Å². The molecule has 0 saturated heterocycles. The third-order valence-corrected chi connectivity index (χ3v) is 6.41. The molecule has 1 saturated carbocycles. The summed E-state index contributed by atoms with van der Waals surface area (Å²) in [4.78, 5) is 12.9. The summed E-state index contributed by atoms with van der Waals surface area (Å²) in [6.45, 7) is 0.131. The molecule has 4 unspecified atom stereocenters. The Morgan fingerprint density at radius 3 is 2.24 bits per heavy atom. The molecule has 0 aromatic heterocycles. The lowest BCUT2D eigenvalue weighted by atomic mass is 9.66. The number of aliphatic hydroxyl groups is 1. The van der Waals surface area contributed by atoms with Gasteiger partial charge in [-0.25, -0.2) is 0 Å². The first kappa shape index (κ1) is 18.1. The number of carbonyl (C=O) groups is 1. The summed E-state index contributed by atoms with van der Waals surface area (Å²) in [5, 5.41) is 21.4. The average Bonchev–Trinajstić information content (AvgIpc) is 3.34. The van der Waals surface area contributed by atoms with Gasteiger partial charge in [-0.1, -0.05) is 0 Å². The first-order chi connectivity index (χ1) is 14.0. The number of aromatic hydroxyl groups is 1. The van der Waals surface area contributed by atoms with Crippen molar-refractivity contribution >= 4 is 5.78 Å². The summed E-state index contributed by atoms with van der Waals surface area (Å²) < 4.78 is 21.7. The van der Waals surface area contributed by atoms with Crippen molar-refractivity contribution in [3.8, 4) is 28.7 Å². The lowest BCUT2D eigenvalue weighted by molar-refractivity contribution is -0.122. The molecule has 0 spiro atoms. The number of methoxy groups -OCH3 is 2. The summed E-state index contributed by atoms with van der Waals surface area (Å²) in [6, 6.07) is 7.15. The maximum Gasteiger partial charge on any atom is 0.231 e. The molecule has 5 rings (SSSR count). The molecule has 0 radical (unpaired) electrons. The predicted octanol–water partition coefficient (Wildman–Crippen LogP) is 2.91. The number of hydrogen-bond donors (Lipinski definition) is 2. The zero-order chi connectivity index (χ0) is 20.3. The minimum atomic E-state index is -0.742. The Balaban J connectivity index is 1.75. The van der Waals surface area contributed by atoms with Crippen molar-refractivity contribution in [2.75, 3.05) is 21.0 Å². The number of hydrogen-bond acceptors (Lipinski definition) is 7. The lowest BCUT2D eigenvalue weighted by Crippen LogP contribution is -2.33. The van der Waals surface area contributed by atoms with E-state index in [0.717, 1.165) is 16.7 Å². The van der Waals surface area contributed by atoms with E-state index in [1.807, 2.05) is 12.1 Å². The molecule has 1 fully saturated rings. The summed E-state index contributed by atoms with van der Waals surface area (Å²) in [6.07, 6.45) is 0.338. The number of carbonyl (C=O) groups excluding carboxylic acids is 1. The fourth-order valence-corrected chi connectivity index (χ4v) is 5.08. The van der Waals surface area contributed by atoms with E-state index in [1.165, 1.54) is 14.2 Å². The molecule has 29 heavy (non-hydrogen) atoms. The van der Waals surface area contributed by atoms with Crippen LogP contribution in [0, 0.1) is 11.8 Å². The van der Waals surface area contributed by atoms with Crippen LogP contribution >= 0.6 is 0 Å². The van der Waals surface area contributed by atoms with Gasteiger partial charge >= 0.3 is 0 Å². The van der Waals surface area contributed by atoms with Gasteiger partial charge in [0.25, 0.3) is 0 Å². The highest BCUT2D eigenvalue weighted by Crippen LogP contribution is 2.57. The van der Waals surface area contributed by atoms with E-state index in [0.29, 0.717) is 24.3 Å². The summed E-state index contributed by atoms with van der Waals surface area (Å²) in [7, 11) is 2.94. The Morgan fingerprint density at radius 1 is 1.00 bits per heavy atom.